The van der Waals surface area contributed by atoms with Crippen LogP contribution in [0.3, 0.4) is 0 Å². The van der Waals surface area contributed by atoms with Gasteiger partial charge in [0, 0.05) is 27.7 Å². The third kappa shape index (κ3) is 3.90. The van der Waals surface area contributed by atoms with Crippen LogP contribution in [0.15, 0.2) is 55.7 Å². The van der Waals surface area contributed by atoms with E-state index in [1.165, 1.54) is 33.4 Å². The first kappa shape index (κ1) is 28.8. The molecule has 2 aliphatic carbocycles. The second-order valence-electron chi connectivity index (χ2n) is 12.0. The average molecular weight is 499 g/mol. The van der Waals surface area contributed by atoms with Crippen LogP contribution in [0.25, 0.3) is 0 Å². The second-order valence-corrected chi connectivity index (χ2v) is 12.0. The van der Waals surface area contributed by atoms with Gasteiger partial charge in [0.2, 0.25) is 0 Å². The maximum atomic E-state index is 14.3. The molecule has 2 heteroatoms. The lowest BCUT2D eigenvalue weighted by molar-refractivity contribution is -0.113. The number of hydrogen-bond acceptors (Lipinski definition) is 2. The van der Waals surface area contributed by atoms with Crippen LogP contribution in [0.4, 0.5) is 0 Å². The van der Waals surface area contributed by atoms with Crippen LogP contribution in [-0.4, -0.2) is 11.6 Å². The second kappa shape index (κ2) is 9.53. The molecule has 0 aromatic heterocycles. The first-order chi connectivity index (χ1) is 16.9. The Kier molecular flexibility index (Phi) is 7.43. The van der Waals surface area contributed by atoms with Gasteiger partial charge in [-0.25, -0.2) is 0 Å². The van der Waals surface area contributed by atoms with Crippen LogP contribution in [0.1, 0.15) is 103 Å². The van der Waals surface area contributed by atoms with E-state index in [9.17, 15) is 9.59 Å². The number of benzene rings is 1. The van der Waals surface area contributed by atoms with Gasteiger partial charge in [-0.15, -0.1) is 0 Å². The van der Waals surface area contributed by atoms with Gasteiger partial charge in [-0.1, -0.05) is 20.8 Å². The van der Waals surface area contributed by atoms with Crippen LogP contribution < -0.4 is 0 Å². The zero-order valence-electron chi connectivity index (χ0n) is 25.9. The topological polar surface area (TPSA) is 34.1 Å². The molecule has 1 unspecified atom stereocenters. The highest BCUT2D eigenvalue weighted by Crippen LogP contribution is 2.51. The first-order valence-corrected chi connectivity index (χ1v) is 13.6. The Morgan fingerprint density at radius 2 is 0.784 bits per heavy atom. The minimum Gasteiger partial charge on any atom is -0.289 e. The molecule has 0 N–H and O–H groups in total. The summed E-state index contributed by atoms with van der Waals surface area (Å²) in [5, 5.41) is 0. The summed E-state index contributed by atoms with van der Waals surface area (Å²) in [6.07, 6.45) is 0. The molecule has 2 nitrogen and oxygen atoms in total. The SMILES string of the molecule is CC1=C(C)C(=C2C(C)=C(C)C(=O)C(C(C)(c3c(C)c(C)c(C)c(C)c3C)C(C)C)=C2C)C(C)=C(C)C1=O. The van der Waals surface area contributed by atoms with Crippen molar-refractivity contribution in [2.75, 3.05) is 0 Å². The van der Waals surface area contributed by atoms with Crippen molar-refractivity contribution in [3.63, 3.8) is 0 Å². The van der Waals surface area contributed by atoms with Crippen molar-refractivity contribution in [3.05, 3.63) is 89.1 Å². The molecule has 0 radical (unpaired) electrons. The molecule has 1 aromatic carbocycles. The molecule has 0 heterocycles. The van der Waals surface area contributed by atoms with Gasteiger partial charge < -0.3 is 0 Å². The van der Waals surface area contributed by atoms with Crippen LogP contribution >= 0.6 is 0 Å². The fraction of sp³-hybridized carbons (Fsp3) is 0.486. The van der Waals surface area contributed by atoms with E-state index in [1.807, 2.05) is 20.8 Å². The van der Waals surface area contributed by atoms with E-state index in [-0.39, 0.29) is 17.5 Å². The van der Waals surface area contributed by atoms with Crippen molar-refractivity contribution in [2.24, 2.45) is 5.92 Å². The Labute approximate surface area is 225 Å². The molecule has 1 atom stereocenters. The highest BCUT2D eigenvalue weighted by Gasteiger charge is 2.45. The highest BCUT2D eigenvalue weighted by atomic mass is 16.1. The van der Waals surface area contributed by atoms with Crippen LogP contribution in [0, 0.1) is 40.5 Å². The normalized spacial score (nSPS) is 19.2. The molecule has 1 aromatic rings. The molecule has 0 saturated carbocycles. The van der Waals surface area contributed by atoms with Crippen molar-refractivity contribution in [1.29, 1.82) is 0 Å². The average Bonchev–Trinajstić information content (AvgIpc) is 2.84. The lowest BCUT2D eigenvalue weighted by atomic mass is 9.59. The van der Waals surface area contributed by atoms with E-state index in [0.717, 1.165) is 55.7 Å². The minimum atomic E-state index is -0.476. The summed E-state index contributed by atoms with van der Waals surface area (Å²) >= 11 is 0. The monoisotopic (exact) mass is 498 g/mol. The Bertz CT molecular complexity index is 1370. The number of allylic oxidation sites excluding steroid dienone is 10. The third-order valence-electron chi connectivity index (χ3n) is 10.3. The standard InChI is InChI=1S/C35H46O2/c1-16(2)35(15,31-23(9)18(4)17(3)19(5)24(31)10)32-28(14)30(22(8)27(13)34(32)37)29-20(6)25(11)33(36)26(12)21(29)7/h16H,1-15H3. The smallest absolute Gasteiger partial charge is 0.186 e. The van der Waals surface area contributed by atoms with Crippen LogP contribution in [0.5, 0.6) is 0 Å². The number of hydrogen-bond donors (Lipinski definition) is 0. The lowest BCUT2D eigenvalue weighted by Gasteiger charge is -2.43. The first-order valence-electron chi connectivity index (χ1n) is 13.6. The Morgan fingerprint density at radius 3 is 1.16 bits per heavy atom. The van der Waals surface area contributed by atoms with E-state index in [1.54, 1.807) is 0 Å². The van der Waals surface area contributed by atoms with Gasteiger partial charge in [-0.2, -0.15) is 0 Å². The number of Topliss-reactive ketones (excluding diaryl/α,β-unsaturated/α-hetero) is 2. The number of rotatable bonds is 3. The molecular formula is C35H46O2. The zero-order chi connectivity index (χ0) is 28.5. The van der Waals surface area contributed by atoms with Crippen molar-refractivity contribution in [1.82, 2.24) is 0 Å². The van der Waals surface area contributed by atoms with E-state index >= 15 is 0 Å². The Hall–Kier alpha value is -2.74. The predicted molar refractivity (Wildman–Crippen MR) is 157 cm³/mol. The summed E-state index contributed by atoms with van der Waals surface area (Å²) in [6.45, 7) is 32.0. The van der Waals surface area contributed by atoms with E-state index in [0.29, 0.717) is 0 Å². The van der Waals surface area contributed by atoms with Crippen molar-refractivity contribution < 1.29 is 9.59 Å². The molecule has 2 aliphatic rings. The molecule has 3 rings (SSSR count). The van der Waals surface area contributed by atoms with Gasteiger partial charge in [0.05, 0.1) is 0 Å². The summed E-state index contributed by atoms with van der Waals surface area (Å²) in [5.74, 6) is 0.464. The summed E-state index contributed by atoms with van der Waals surface area (Å²) in [5.41, 5.74) is 17.0. The molecule has 0 saturated heterocycles. The fourth-order valence-corrected chi connectivity index (χ4v) is 6.76. The highest BCUT2D eigenvalue weighted by molar-refractivity contribution is 6.14. The van der Waals surface area contributed by atoms with Crippen molar-refractivity contribution in [3.8, 4) is 0 Å². The molecular weight excluding hydrogens is 452 g/mol. The van der Waals surface area contributed by atoms with Crippen molar-refractivity contribution in [2.45, 2.75) is 109 Å². The number of ketones is 2. The third-order valence-corrected chi connectivity index (χ3v) is 10.3. The largest absolute Gasteiger partial charge is 0.289 e. The van der Waals surface area contributed by atoms with Crippen LogP contribution in [-0.2, 0) is 15.0 Å². The van der Waals surface area contributed by atoms with Gasteiger partial charge in [-0.3, -0.25) is 9.59 Å². The maximum Gasteiger partial charge on any atom is 0.186 e. The molecule has 0 amide bonds. The number of carbonyl (C=O) groups is 2. The van der Waals surface area contributed by atoms with Gasteiger partial charge in [0.1, 0.15) is 0 Å². The summed E-state index contributed by atoms with van der Waals surface area (Å²) < 4.78 is 0. The molecule has 0 bridgehead atoms. The molecule has 0 fully saturated rings. The maximum absolute atomic E-state index is 14.3. The minimum absolute atomic E-state index is 0.121. The summed E-state index contributed by atoms with van der Waals surface area (Å²) in [6, 6.07) is 0. The van der Waals surface area contributed by atoms with Gasteiger partial charge in [-0.05, 0) is 156 Å². The van der Waals surface area contributed by atoms with Gasteiger partial charge in [0.25, 0.3) is 0 Å². The van der Waals surface area contributed by atoms with Crippen LogP contribution in [0.2, 0.25) is 0 Å². The molecule has 198 valence electrons. The van der Waals surface area contributed by atoms with E-state index < -0.39 is 5.41 Å². The van der Waals surface area contributed by atoms with Crippen molar-refractivity contribution >= 4 is 11.6 Å². The van der Waals surface area contributed by atoms with Gasteiger partial charge in [0.15, 0.2) is 11.6 Å². The Balaban J connectivity index is 2.59. The predicted octanol–water partition coefficient (Wildman–Crippen LogP) is 8.93. The zero-order valence-corrected chi connectivity index (χ0v) is 25.9. The number of carbonyl (C=O) groups excluding carboxylic acids is 2. The van der Waals surface area contributed by atoms with Gasteiger partial charge >= 0.3 is 0 Å². The molecule has 0 aliphatic heterocycles. The van der Waals surface area contributed by atoms with E-state index in [2.05, 4.69) is 83.1 Å². The van der Waals surface area contributed by atoms with E-state index in [4.69, 9.17) is 0 Å². The summed E-state index contributed by atoms with van der Waals surface area (Å²) in [7, 11) is 0. The molecule has 37 heavy (non-hydrogen) atoms. The fourth-order valence-electron chi connectivity index (χ4n) is 6.76. The Morgan fingerprint density at radius 1 is 0.459 bits per heavy atom. The molecule has 0 spiro atoms. The quantitative estimate of drug-likeness (QED) is 0.417. The lowest BCUT2D eigenvalue weighted by Crippen LogP contribution is -2.39. The summed E-state index contributed by atoms with van der Waals surface area (Å²) in [4.78, 5) is 27.2.